The Morgan fingerprint density at radius 3 is 2.36 bits per heavy atom. The van der Waals surface area contributed by atoms with E-state index in [1.165, 1.54) is 6.92 Å². The third-order valence-electron chi connectivity index (χ3n) is 1.49. The van der Waals surface area contributed by atoms with E-state index in [4.69, 9.17) is 5.11 Å². The van der Waals surface area contributed by atoms with Gasteiger partial charge in [-0.15, -0.1) is 0 Å². The first-order chi connectivity index (χ1) is 4.56. The molecule has 0 saturated carbocycles. The molecule has 0 fully saturated rings. The van der Waals surface area contributed by atoms with Crippen molar-refractivity contribution in [2.75, 3.05) is 0 Å². The molecule has 0 saturated heterocycles. The van der Waals surface area contributed by atoms with Crippen molar-refractivity contribution in [1.29, 1.82) is 0 Å². The Kier molecular flexibility index (Phi) is 7.87. The van der Waals surface area contributed by atoms with Crippen LogP contribution in [0.4, 0.5) is 0 Å². The normalized spacial score (nSPS) is 15.5. The van der Waals surface area contributed by atoms with Gasteiger partial charge in [-0.2, -0.15) is 0 Å². The summed E-state index contributed by atoms with van der Waals surface area (Å²) in [5, 5.41) is 18.4. The molecule has 4 nitrogen and oxygen atoms in total. The minimum absolute atomic E-state index is 0. The van der Waals surface area contributed by atoms with E-state index in [0.717, 1.165) is 0 Å². The average Bonchev–Trinajstić information content (AvgIpc) is 1.88. The Morgan fingerprint density at radius 1 is 1.82 bits per heavy atom. The smallest absolute Gasteiger partial charge is 0.864 e. The van der Waals surface area contributed by atoms with Crippen molar-refractivity contribution in [3.8, 4) is 0 Å². The molecule has 0 amide bonds. The minimum atomic E-state index is -1.23. The fourth-order valence-corrected chi connectivity index (χ4v) is 0.414. The number of carboxylic acid groups (broad SMARTS) is 1. The van der Waals surface area contributed by atoms with Crippen LogP contribution in [0.15, 0.2) is 4.99 Å². The van der Waals surface area contributed by atoms with E-state index < -0.39 is 11.5 Å². The monoisotopic (exact) mass is 183 g/mol. The van der Waals surface area contributed by atoms with Crippen LogP contribution in [0.1, 0.15) is 20.3 Å². The molecular weight excluding hydrogens is 173 g/mol. The summed E-state index contributed by atoms with van der Waals surface area (Å²) in [5.74, 6) is -1.07. The zero-order valence-corrected chi connectivity index (χ0v) is 10.1. The van der Waals surface area contributed by atoms with Crippen molar-refractivity contribution in [2.24, 2.45) is 4.99 Å². The molecule has 0 radical (unpaired) electrons. The minimum Gasteiger partial charge on any atom is -0.864 e. The topological polar surface area (TPSA) is 72.7 Å². The molecule has 0 aliphatic carbocycles. The van der Waals surface area contributed by atoms with E-state index in [0.29, 0.717) is 6.42 Å². The summed E-state index contributed by atoms with van der Waals surface area (Å²) in [5.41, 5.74) is -1.23. The number of rotatable bonds is 3. The molecule has 0 rings (SSSR count). The summed E-state index contributed by atoms with van der Waals surface area (Å²) < 4.78 is 0. The molecular formula is C6H10KNO3. The quantitative estimate of drug-likeness (QED) is 0.282. The first kappa shape index (κ1) is 14.1. The van der Waals surface area contributed by atoms with Crippen LogP contribution in [0.5, 0.6) is 0 Å². The van der Waals surface area contributed by atoms with E-state index in [2.05, 4.69) is 4.99 Å². The van der Waals surface area contributed by atoms with Crippen molar-refractivity contribution in [2.45, 2.75) is 25.8 Å². The van der Waals surface area contributed by atoms with Gasteiger partial charge in [0.15, 0.2) is 5.54 Å². The molecule has 1 N–H and O–H groups in total. The molecule has 0 heterocycles. The van der Waals surface area contributed by atoms with Gasteiger partial charge in [-0.3, -0.25) is 4.99 Å². The van der Waals surface area contributed by atoms with Crippen LogP contribution in [0.2, 0.25) is 0 Å². The third-order valence-corrected chi connectivity index (χ3v) is 1.49. The van der Waals surface area contributed by atoms with Crippen LogP contribution in [0.25, 0.3) is 0 Å². The van der Waals surface area contributed by atoms with Gasteiger partial charge in [-0.25, -0.2) is 4.79 Å². The van der Waals surface area contributed by atoms with Gasteiger partial charge in [0.05, 0.1) is 0 Å². The van der Waals surface area contributed by atoms with E-state index >= 15 is 0 Å². The molecule has 5 heteroatoms. The predicted octanol–water partition coefficient (Wildman–Crippen LogP) is -3.37. The van der Waals surface area contributed by atoms with Crippen molar-refractivity contribution >= 4 is 12.4 Å². The third kappa shape index (κ3) is 4.22. The van der Waals surface area contributed by atoms with Crippen LogP contribution in [0.3, 0.4) is 0 Å². The summed E-state index contributed by atoms with van der Waals surface area (Å²) in [4.78, 5) is 13.7. The van der Waals surface area contributed by atoms with Gasteiger partial charge in [-0.1, -0.05) is 13.3 Å². The molecule has 1 atom stereocenters. The standard InChI is InChI=1S/C6H11NO3.K/c1-3-6(2,5(9)10)7-4-8;/h4H,3H2,1-2H3,(H,7,8)(H,9,10);/q;+1/p-1/t6-;/m0./s1. The summed E-state index contributed by atoms with van der Waals surface area (Å²) in [6.07, 6.45) is 0.596. The average molecular weight is 183 g/mol. The fraction of sp³-hybridized carbons (Fsp3) is 0.667. The van der Waals surface area contributed by atoms with Crippen LogP contribution in [-0.2, 0) is 4.79 Å². The molecule has 0 bridgehead atoms. The van der Waals surface area contributed by atoms with E-state index in [9.17, 15) is 9.90 Å². The zero-order valence-electron chi connectivity index (χ0n) is 7.00. The second kappa shape index (κ2) is 6.13. The van der Waals surface area contributed by atoms with Crippen molar-refractivity contribution in [3.05, 3.63) is 0 Å². The van der Waals surface area contributed by atoms with Gasteiger partial charge in [0.2, 0.25) is 0 Å². The summed E-state index contributed by atoms with van der Waals surface area (Å²) in [6.45, 7) is 3.07. The first-order valence-corrected chi connectivity index (χ1v) is 2.96. The van der Waals surface area contributed by atoms with Gasteiger partial charge >= 0.3 is 57.4 Å². The second-order valence-corrected chi connectivity index (χ2v) is 2.17. The van der Waals surface area contributed by atoms with Gasteiger partial charge in [0.25, 0.3) is 0 Å². The SMILES string of the molecule is CC[C@](C)(N=C[O-])C(=O)O.[K+]. The van der Waals surface area contributed by atoms with E-state index in [1.54, 1.807) is 6.92 Å². The Hall–Kier alpha value is 0.576. The summed E-state index contributed by atoms with van der Waals surface area (Å²) in [7, 11) is 0. The number of hydrogen-bond acceptors (Lipinski definition) is 3. The van der Waals surface area contributed by atoms with E-state index in [1.807, 2.05) is 0 Å². The number of aliphatic imine (C=N–C) groups is 1. The largest absolute Gasteiger partial charge is 1.00 e. The van der Waals surface area contributed by atoms with Gasteiger partial charge in [0.1, 0.15) is 0 Å². The fourth-order valence-electron chi connectivity index (χ4n) is 0.414. The molecule has 0 aromatic heterocycles. The maximum absolute atomic E-state index is 10.4. The molecule has 0 spiro atoms. The Bertz CT molecular complexity index is 160. The van der Waals surface area contributed by atoms with Gasteiger partial charge in [-0.05, 0) is 13.3 Å². The van der Waals surface area contributed by atoms with Crippen LogP contribution in [-0.4, -0.2) is 23.0 Å². The second-order valence-electron chi connectivity index (χ2n) is 2.17. The van der Waals surface area contributed by atoms with Crippen LogP contribution < -0.4 is 56.5 Å². The number of hydrogen-bond donors (Lipinski definition) is 1. The van der Waals surface area contributed by atoms with Crippen molar-refractivity contribution < 1.29 is 66.4 Å². The van der Waals surface area contributed by atoms with Crippen molar-refractivity contribution in [3.63, 3.8) is 0 Å². The van der Waals surface area contributed by atoms with Crippen molar-refractivity contribution in [1.82, 2.24) is 0 Å². The summed E-state index contributed by atoms with van der Waals surface area (Å²) >= 11 is 0. The molecule has 0 unspecified atom stereocenters. The van der Waals surface area contributed by atoms with E-state index in [-0.39, 0.29) is 57.8 Å². The number of aliphatic carboxylic acids is 1. The van der Waals surface area contributed by atoms with Gasteiger partial charge < -0.3 is 10.2 Å². The maximum atomic E-state index is 10.4. The molecule has 0 aromatic rings. The molecule has 0 aliphatic heterocycles. The maximum Gasteiger partial charge on any atom is 1.00 e. The molecule has 58 valence electrons. The van der Waals surface area contributed by atoms with Crippen LogP contribution in [0, 0.1) is 0 Å². The zero-order chi connectivity index (χ0) is 8.20. The molecule has 0 aliphatic rings. The van der Waals surface area contributed by atoms with Gasteiger partial charge in [0, 0.05) is 0 Å². The van der Waals surface area contributed by atoms with Crippen LogP contribution >= 0.6 is 0 Å². The number of nitrogens with zero attached hydrogens (tertiary/aromatic N) is 1. The molecule has 11 heavy (non-hydrogen) atoms. The molecule has 0 aromatic carbocycles. The first-order valence-electron chi connectivity index (χ1n) is 2.96. The Labute approximate surface area is 108 Å². The predicted molar refractivity (Wildman–Crippen MR) is 34.8 cm³/mol. The number of carboxylic acids is 1. The Morgan fingerprint density at radius 2 is 2.27 bits per heavy atom. The number of carbonyl (C=O) groups is 1. The summed E-state index contributed by atoms with van der Waals surface area (Å²) in [6, 6.07) is 0. The Balaban J connectivity index is 0.